The zero-order valence-electron chi connectivity index (χ0n) is 14.2. The van der Waals surface area contributed by atoms with E-state index in [2.05, 4.69) is 0 Å². The number of piperazine rings is 1. The van der Waals surface area contributed by atoms with Gasteiger partial charge < -0.3 is 9.64 Å². The molecule has 0 N–H and O–H groups in total. The average molecular weight is 415 g/mol. The molecule has 9 heteroatoms. The Balaban J connectivity index is 1.57. The monoisotopic (exact) mass is 414 g/mol. The fourth-order valence-electron chi connectivity index (χ4n) is 2.71. The lowest BCUT2D eigenvalue weighted by Gasteiger charge is -2.34. The van der Waals surface area contributed by atoms with Crippen molar-refractivity contribution in [3.63, 3.8) is 0 Å². The summed E-state index contributed by atoms with van der Waals surface area (Å²) < 4.78 is 32.5. The van der Waals surface area contributed by atoms with Crippen molar-refractivity contribution in [2.75, 3.05) is 26.2 Å². The molecule has 2 aromatic rings. The summed E-state index contributed by atoms with van der Waals surface area (Å²) >= 11 is 7.03. The van der Waals surface area contributed by atoms with Gasteiger partial charge in [0.25, 0.3) is 15.9 Å². The van der Waals surface area contributed by atoms with E-state index < -0.39 is 16.1 Å². The molecule has 1 aromatic carbocycles. The van der Waals surface area contributed by atoms with E-state index in [1.807, 2.05) is 0 Å². The Morgan fingerprint density at radius 2 is 1.81 bits per heavy atom. The van der Waals surface area contributed by atoms with Crippen molar-refractivity contribution in [3.05, 3.63) is 46.8 Å². The predicted octanol–water partition coefficient (Wildman–Crippen LogP) is 2.70. The summed E-state index contributed by atoms with van der Waals surface area (Å²) in [4.78, 5) is 14.2. The van der Waals surface area contributed by atoms with Gasteiger partial charge in [0.2, 0.25) is 0 Å². The topological polar surface area (TPSA) is 66.9 Å². The summed E-state index contributed by atoms with van der Waals surface area (Å²) in [5.74, 6) is 0.405. The molecule has 0 saturated carbocycles. The molecule has 140 valence electrons. The van der Waals surface area contributed by atoms with Gasteiger partial charge >= 0.3 is 0 Å². The van der Waals surface area contributed by atoms with Crippen molar-refractivity contribution in [3.8, 4) is 5.75 Å². The summed E-state index contributed by atoms with van der Waals surface area (Å²) in [5, 5.41) is 2.34. The van der Waals surface area contributed by atoms with E-state index in [0.29, 0.717) is 28.1 Å². The number of benzene rings is 1. The summed E-state index contributed by atoms with van der Waals surface area (Å²) in [7, 11) is -3.47. The van der Waals surface area contributed by atoms with Gasteiger partial charge in [0.15, 0.2) is 6.10 Å². The van der Waals surface area contributed by atoms with Gasteiger partial charge in [0.1, 0.15) is 9.96 Å². The third kappa shape index (κ3) is 4.20. The number of carbonyl (C=O) groups excluding carboxylic acids is 1. The van der Waals surface area contributed by atoms with E-state index in [-0.39, 0.29) is 19.0 Å². The predicted molar refractivity (Wildman–Crippen MR) is 101 cm³/mol. The fraction of sp³-hybridized carbons (Fsp3) is 0.353. The zero-order valence-corrected chi connectivity index (χ0v) is 16.6. The highest BCUT2D eigenvalue weighted by atomic mass is 35.5. The normalized spacial score (nSPS) is 17.1. The quantitative estimate of drug-likeness (QED) is 0.754. The summed E-state index contributed by atoms with van der Waals surface area (Å²) in [5.41, 5.74) is 0. The van der Waals surface area contributed by atoms with Crippen LogP contribution in [0.5, 0.6) is 5.75 Å². The lowest BCUT2D eigenvalue weighted by atomic mass is 10.2. The van der Waals surface area contributed by atoms with E-state index in [1.165, 1.54) is 15.6 Å². The van der Waals surface area contributed by atoms with Crippen molar-refractivity contribution in [1.82, 2.24) is 9.21 Å². The van der Waals surface area contributed by atoms with Crippen LogP contribution in [0.4, 0.5) is 0 Å². The van der Waals surface area contributed by atoms with Gasteiger partial charge in [0, 0.05) is 31.2 Å². The number of amides is 1. The molecule has 1 aromatic heterocycles. The minimum Gasteiger partial charge on any atom is -0.481 e. The molecular formula is C17H19ClN2O4S2. The fourth-order valence-corrected chi connectivity index (χ4v) is 5.40. The van der Waals surface area contributed by atoms with Gasteiger partial charge in [0.05, 0.1) is 0 Å². The van der Waals surface area contributed by atoms with Crippen LogP contribution in [0, 0.1) is 0 Å². The first-order valence-electron chi connectivity index (χ1n) is 8.12. The van der Waals surface area contributed by atoms with E-state index in [9.17, 15) is 13.2 Å². The highest BCUT2D eigenvalue weighted by molar-refractivity contribution is 7.91. The second-order valence-electron chi connectivity index (χ2n) is 5.88. The molecule has 1 aliphatic rings. The van der Waals surface area contributed by atoms with Crippen molar-refractivity contribution in [1.29, 1.82) is 0 Å². The first kappa shape index (κ1) is 19.2. The first-order valence-corrected chi connectivity index (χ1v) is 10.8. The summed E-state index contributed by atoms with van der Waals surface area (Å²) in [6, 6.07) is 10.1. The molecular weight excluding hydrogens is 396 g/mol. The number of halogens is 1. The molecule has 1 unspecified atom stereocenters. The molecule has 0 radical (unpaired) electrons. The molecule has 0 aliphatic carbocycles. The Morgan fingerprint density at radius 1 is 1.15 bits per heavy atom. The molecule has 6 nitrogen and oxygen atoms in total. The molecule has 0 spiro atoms. The average Bonchev–Trinajstić information content (AvgIpc) is 3.18. The lowest BCUT2D eigenvalue weighted by molar-refractivity contribution is -0.139. The van der Waals surface area contributed by atoms with Gasteiger partial charge in [-0.25, -0.2) is 8.42 Å². The highest BCUT2D eigenvalue weighted by Crippen LogP contribution is 2.22. The highest BCUT2D eigenvalue weighted by Gasteiger charge is 2.32. The molecule has 26 heavy (non-hydrogen) atoms. The SMILES string of the molecule is CC(Oc1ccc(Cl)cc1)C(=O)N1CCN(S(=O)(=O)c2cccs2)CC1. The number of carbonyl (C=O) groups is 1. The van der Waals surface area contributed by atoms with E-state index in [0.717, 1.165) is 0 Å². The molecule has 3 rings (SSSR count). The number of hydrogen-bond acceptors (Lipinski definition) is 5. The number of rotatable bonds is 5. The van der Waals surface area contributed by atoms with Crippen LogP contribution in [-0.4, -0.2) is 55.8 Å². The third-order valence-corrected chi connectivity index (χ3v) is 7.64. The van der Waals surface area contributed by atoms with Crippen molar-refractivity contribution < 1.29 is 17.9 Å². The number of sulfonamides is 1. The summed E-state index contributed by atoms with van der Waals surface area (Å²) in [6.07, 6.45) is -0.656. The largest absolute Gasteiger partial charge is 0.481 e. The van der Waals surface area contributed by atoms with Gasteiger partial charge in [-0.15, -0.1) is 11.3 Å². The molecule has 1 fully saturated rings. The smallest absolute Gasteiger partial charge is 0.263 e. The van der Waals surface area contributed by atoms with Crippen molar-refractivity contribution in [2.45, 2.75) is 17.2 Å². The number of hydrogen-bond donors (Lipinski definition) is 0. The van der Waals surface area contributed by atoms with Gasteiger partial charge in [-0.1, -0.05) is 17.7 Å². The second-order valence-corrected chi connectivity index (χ2v) is 9.42. The number of ether oxygens (including phenoxy) is 1. The zero-order chi connectivity index (χ0) is 18.7. The minimum absolute atomic E-state index is 0.159. The molecule has 1 amide bonds. The standard InChI is InChI=1S/C17H19ClN2O4S2/c1-13(24-15-6-4-14(18)5-7-15)17(21)19-8-10-20(11-9-19)26(22,23)16-3-2-12-25-16/h2-7,12-13H,8-11H2,1H3. The maximum absolute atomic E-state index is 12.6. The van der Waals surface area contributed by atoms with Crippen molar-refractivity contribution in [2.24, 2.45) is 0 Å². The molecule has 0 bridgehead atoms. The first-order chi connectivity index (χ1) is 12.4. The van der Waals surface area contributed by atoms with Crippen LogP contribution in [-0.2, 0) is 14.8 Å². The van der Waals surface area contributed by atoms with Crippen LogP contribution in [0.1, 0.15) is 6.92 Å². The Labute approximate surface area is 162 Å². The van der Waals surface area contributed by atoms with Crippen LogP contribution in [0.2, 0.25) is 5.02 Å². The number of thiophene rings is 1. The van der Waals surface area contributed by atoms with E-state index in [4.69, 9.17) is 16.3 Å². The van der Waals surface area contributed by atoms with Crippen LogP contribution in [0.15, 0.2) is 46.0 Å². The molecule has 2 heterocycles. The Morgan fingerprint density at radius 3 is 2.38 bits per heavy atom. The summed E-state index contributed by atoms with van der Waals surface area (Å²) in [6.45, 7) is 2.93. The molecule has 1 saturated heterocycles. The third-order valence-electron chi connectivity index (χ3n) is 4.11. The van der Waals surface area contributed by atoms with Crippen LogP contribution < -0.4 is 4.74 Å². The number of nitrogens with zero attached hydrogens (tertiary/aromatic N) is 2. The van der Waals surface area contributed by atoms with Crippen molar-refractivity contribution >= 4 is 38.9 Å². The van der Waals surface area contributed by atoms with Gasteiger partial charge in [-0.3, -0.25) is 4.79 Å². The lowest BCUT2D eigenvalue weighted by Crippen LogP contribution is -2.53. The van der Waals surface area contributed by atoms with Crippen LogP contribution in [0.25, 0.3) is 0 Å². The Bertz CT molecular complexity index is 845. The van der Waals surface area contributed by atoms with Crippen LogP contribution in [0.3, 0.4) is 0 Å². The Hall–Kier alpha value is -1.61. The minimum atomic E-state index is -3.47. The maximum atomic E-state index is 12.6. The van der Waals surface area contributed by atoms with Gasteiger partial charge in [-0.05, 0) is 42.6 Å². The molecule has 1 atom stereocenters. The van der Waals surface area contributed by atoms with Crippen LogP contribution >= 0.6 is 22.9 Å². The van der Waals surface area contributed by atoms with Gasteiger partial charge in [-0.2, -0.15) is 4.31 Å². The second kappa shape index (κ2) is 7.96. The molecule has 1 aliphatic heterocycles. The van der Waals surface area contributed by atoms with E-state index >= 15 is 0 Å². The van der Waals surface area contributed by atoms with E-state index in [1.54, 1.807) is 53.6 Å². The maximum Gasteiger partial charge on any atom is 0.263 e. The Kier molecular flexibility index (Phi) is 5.86.